The van der Waals surface area contributed by atoms with Gasteiger partial charge in [-0.3, -0.25) is 14.2 Å². The van der Waals surface area contributed by atoms with Crippen molar-refractivity contribution < 1.29 is 13.6 Å². The van der Waals surface area contributed by atoms with Crippen LogP contribution in [0.4, 0.5) is 8.78 Å². The van der Waals surface area contributed by atoms with Crippen molar-refractivity contribution in [3.63, 3.8) is 0 Å². The summed E-state index contributed by atoms with van der Waals surface area (Å²) in [6, 6.07) is 1.42. The van der Waals surface area contributed by atoms with E-state index in [1.807, 2.05) is 18.5 Å². The van der Waals surface area contributed by atoms with Gasteiger partial charge in [-0.1, -0.05) is 0 Å². The highest BCUT2D eigenvalue weighted by atomic mass is 19.3. The summed E-state index contributed by atoms with van der Waals surface area (Å²) in [5, 5.41) is 11.1. The highest BCUT2D eigenvalue weighted by Gasteiger charge is 2.29. The number of alkyl halides is 2. The number of nitrogens with one attached hydrogen (secondary N) is 1. The molecule has 1 saturated carbocycles. The summed E-state index contributed by atoms with van der Waals surface area (Å²) in [7, 11) is 0. The van der Waals surface area contributed by atoms with Crippen molar-refractivity contribution in [2.24, 2.45) is 0 Å². The summed E-state index contributed by atoms with van der Waals surface area (Å²) in [5.74, 6) is -0.0691. The number of amides is 1. The van der Waals surface area contributed by atoms with E-state index in [2.05, 4.69) is 15.5 Å². The van der Waals surface area contributed by atoms with Crippen LogP contribution in [0.3, 0.4) is 0 Å². The number of carbonyl (C=O) groups is 1. The number of carbonyl (C=O) groups excluding carboxylic acids is 1. The van der Waals surface area contributed by atoms with Crippen molar-refractivity contribution in [3.05, 3.63) is 34.9 Å². The molecule has 0 atom stereocenters. The average molecular weight is 337 g/mol. The summed E-state index contributed by atoms with van der Waals surface area (Å²) >= 11 is 0. The predicted molar refractivity (Wildman–Crippen MR) is 83.6 cm³/mol. The Labute approximate surface area is 138 Å². The second-order valence-corrected chi connectivity index (χ2v) is 6.07. The quantitative estimate of drug-likeness (QED) is 0.844. The maximum Gasteiger partial charge on any atom is 0.280 e. The van der Waals surface area contributed by atoms with Crippen molar-refractivity contribution in [1.29, 1.82) is 0 Å². The van der Waals surface area contributed by atoms with Gasteiger partial charge in [0.05, 0.1) is 11.9 Å². The van der Waals surface area contributed by atoms with Crippen LogP contribution in [0.5, 0.6) is 0 Å². The van der Waals surface area contributed by atoms with E-state index in [1.54, 1.807) is 6.20 Å². The minimum Gasteiger partial charge on any atom is -0.350 e. The standard InChI is InChI=1S/C16H21F2N5O/c1-3-22-10(2)12(8-20-22)7-19-15(24)9-23-14(16(17)18)6-13(21-23)11-4-5-11/h6,8,11,16H,3-5,7,9H2,1-2H3,(H,19,24). The maximum atomic E-state index is 13.1. The first-order valence-electron chi connectivity index (χ1n) is 8.13. The zero-order valence-electron chi connectivity index (χ0n) is 13.8. The first-order chi connectivity index (χ1) is 11.5. The van der Waals surface area contributed by atoms with E-state index >= 15 is 0 Å². The topological polar surface area (TPSA) is 64.7 Å². The second kappa shape index (κ2) is 6.70. The van der Waals surface area contributed by atoms with Gasteiger partial charge in [-0.15, -0.1) is 0 Å². The number of aromatic nitrogens is 4. The Morgan fingerprint density at radius 1 is 1.42 bits per heavy atom. The zero-order valence-corrected chi connectivity index (χ0v) is 13.8. The molecule has 1 aliphatic rings. The Morgan fingerprint density at radius 2 is 2.17 bits per heavy atom. The van der Waals surface area contributed by atoms with E-state index in [4.69, 9.17) is 0 Å². The Kier molecular flexibility index (Phi) is 4.64. The molecule has 1 amide bonds. The highest BCUT2D eigenvalue weighted by Crippen LogP contribution is 2.40. The molecule has 0 unspecified atom stereocenters. The molecule has 130 valence electrons. The second-order valence-electron chi connectivity index (χ2n) is 6.07. The summed E-state index contributed by atoms with van der Waals surface area (Å²) < 4.78 is 29.2. The first-order valence-corrected chi connectivity index (χ1v) is 8.13. The molecule has 2 aromatic rings. The number of rotatable bonds is 7. The Bertz CT molecular complexity index is 733. The van der Waals surface area contributed by atoms with Crippen molar-refractivity contribution in [2.75, 3.05) is 0 Å². The number of hydrogen-bond donors (Lipinski definition) is 1. The van der Waals surface area contributed by atoms with E-state index < -0.39 is 6.43 Å². The number of aryl methyl sites for hydroxylation is 1. The van der Waals surface area contributed by atoms with Crippen molar-refractivity contribution >= 4 is 5.91 Å². The third-order valence-corrected chi connectivity index (χ3v) is 4.32. The molecule has 1 N–H and O–H groups in total. The molecule has 24 heavy (non-hydrogen) atoms. The van der Waals surface area contributed by atoms with Gasteiger partial charge < -0.3 is 5.32 Å². The van der Waals surface area contributed by atoms with Crippen molar-refractivity contribution in [1.82, 2.24) is 24.9 Å². The van der Waals surface area contributed by atoms with Crippen LogP contribution in [-0.2, 0) is 24.4 Å². The lowest BCUT2D eigenvalue weighted by molar-refractivity contribution is -0.122. The van der Waals surface area contributed by atoms with Gasteiger partial charge in [0.1, 0.15) is 12.2 Å². The summed E-state index contributed by atoms with van der Waals surface area (Å²) in [6.45, 7) is 4.80. The smallest absolute Gasteiger partial charge is 0.280 e. The van der Waals surface area contributed by atoms with E-state index in [9.17, 15) is 13.6 Å². The van der Waals surface area contributed by atoms with Crippen LogP contribution in [-0.4, -0.2) is 25.5 Å². The van der Waals surface area contributed by atoms with Gasteiger partial charge in [0.2, 0.25) is 5.91 Å². The third-order valence-electron chi connectivity index (χ3n) is 4.32. The minimum absolute atomic E-state index is 0.193. The van der Waals surface area contributed by atoms with E-state index in [0.29, 0.717) is 12.2 Å². The molecule has 3 rings (SSSR count). The molecule has 0 spiro atoms. The van der Waals surface area contributed by atoms with E-state index in [0.717, 1.165) is 35.3 Å². The highest BCUT2D eigenvalue weighted by molar-refractivity contribution is 5.75. The number of halogens is 2. The molecule has 2 heterocycles. The molecular weight excluding hydrogens is 316 g/mol. The summed E-state index contributed by atoms with van der Waals surface area (Å²) in [5.41, 5.74) is 2.37. The van der Waals surface area contributed by atoms with Crippen molar-refractivity contribution in [3.8, 4) is 0 Å². The molecule has 0 aliphatic heterocycles. The van der Waals surface area contributed by atoms with Crippen LogP contribution < -0.4 is 5.32 Å². The largest absolute Gasteiger partial charge is 0.350 e. The summed E-state index contributed by atoms with van der Waals surface area (Å²) in [4.78, 5) is 12.1. The molecule has 0 saturated heterocycles. The molecule has 8 heteroatoms. The van der Waals surface area contributed by atoms with Gasteiger partial charge in [-0.2, -0.15) is 10.2 Å². The lowest BCUT2D eigenvalue weighted by atomic mass is 10.2. The van der Waals surface area contributed by atoms with Gasteiger partial charge in [0.25, 0.3) is 6.43 Å². The molecule has 1 fully saturated rings. The van der Waals surface area contributed by atoms with Crippen molar-refractivity contribution in [2.45, 2.75) is 58.7 Å². The Morgan fingerprint density at radius 3 is 2.75 bits per heavy atom. The van der Waals surface area contributed by atoms with Gasteiger partial charge in [0.15, 0.2) is 0 Å². The van der Waals surface area contributed by atoms with Crippen LogP contribution in [0, 0.1) is 6.92 Å². The van der Waals surface area contributed by atoms with Gasteiger partial charge >= 0.3 is 0 Å². The molecule has 6 nitrogen and oxygen atoms in total. The van der Waals surface area contributed by atoms with Crippen LogP contribution in [0.2, 0.25) is 0 Å². The number of nitrogens with zero attached hydrogens (tertiary/aromatic N) is 4. The molecule has 0 bridgehead atoms. The van der Waals surface area contributed by atoms with Gasteiger partial charge in [-0.25, -0.2) is 8.78 Å². The Hall–Kier alpha value is -2.25. The van der Waals surface area contributed by atoms with Crippen LogP contribution in [0.1, 0.15) is 54.8 Å². The molecular formula is C16H21F2N5O. The van der Waals surface area contributed by atoms with Gasteiger partial charge in [0, 0.05) is 30.3 Å². The number of hydrogen-bond acceptors (Lipinski definition) is 3. The Balaban J connectivity index is 1.63. The lowest BCUT2D eigenvalue weighted by Crippen LogP contribution is -2.28. The monoisotopic (exact) mass is 337 g/mol. The zero-order chi connectivity index (χ0) is 17.3. The summed E-state index contributed by atoms with van der Waals surface area (Å²) in [6.07, 6.45) is 1.03. The lowest BCUT2D eigenvalue weighted by Gasteiger charge is -2.08. The first kappa shape index (κ1) is 16.6. The minimum atomic E-state index is -2.64. The fourth-order valence-electron chi connectivity index (χ4n) is 2.70. The van der Waals surface area contributed by atoms with Crippen LogP contribution in [0.25, 0.3) is 0 Å². The average Bonchev–Trinajstić information content (AvgIpc) is 3.21. The third kappa shape index (κ3) is 3.47. The van der Waals surface area contributed by atoms with E-state index in [1.165, 1.54) is 6.07 Å². The van der Waals surface area contributed by atoms with Crippen LogP contribution in [0.15, 0.2) is 12.3 Å². The SMILES string of the molecule is CCn1ncc(CNC(=O)Cn2nc(C3CC3)cc2C(F)F)c1C. The predicted octanol–water partition coefficient (Wildman–Crippen LogP) is 2.54. The van der Waals surface area contributed by atoms with Crippen LogP contribution >= 0.6 is 0 Å². The van der Waals surface area contributed by atoms with Gasteiger partial charge in [-0.05, 0) is 32.8 Å². The molecule has 0 radical (unpaired) electrons. The molecule has 1 aliphatic carbocycles. The molecule has 0 aromatic carbocycles. The normalized spacial score (nSPS) is 14.4. The fourth-order valence-corrected chi connectivity index (χ4v) is 2.70. The maximum absolute atomic E-state index is 13.1. The molecule has 2 aromatic heterocycles. The van der Waals surface area contributed by atoms with E-state index in [-0.39, 0.29) is 24.1 Å². The fraction of sp³-hybridized carbons (Fsp3) is 0.562.